The highest BCUT2D eigenvalue weighted by molar-refractivity contribution is 7.80. The van der Waals surface area contributed by atoms with Crippen LogP contribution in [0.5, 0.6) is 11.5 Å². The van der Waals surface area contributed by atoms with Crippen LogP contribution in [0.2, 0.25) is 0 Å². The van der Waals surface area contributed by atoms with Crippen molar-refractivity contribution in [3.8, 4) is 11.5 Å². The molecule has 0 saturated carbocycles. The average Bonchev–Trinajstić information content (AvgIpc) is 2.77. The van der Waals surface area contributed by atoms with Gasteiger partial charge in [0.25, 0.3) is 0 Å². The lowest BCUT2D eigenvalue weighted by Gasteiger charge is -2.32. The predicted molar refractivity (Wildman–Crippen MR) is 123 cm³/mol. The minimum atomic E-state index is 0.492. The lowest BCUT2D eigenvalue weighted by Crippen LogP contribution is -2.37. The van der Waals surface area contributed by atoms with Gasteiger partial charge in [0.1, 0.15) is 11.6 Å². The van der Waals surface area contributed by atoms with Crippen LogP contribution < -0.4 is 9.47 Å². The van der Waals surface area contributed by atoms with Crippen LogP contribution in [0.3, 0.4) is 0 Å². The maximum atomic E-state index is 6.13. The number of fused-ring (bicyclic) bond motifs is 1. The molecule has 1 fully saturated rings. The highest BCUT2D eigenvalue weighted by atomic mass is 32.1. The van der Waals surface area contributed by atoms with Gasteiger partial charge < -0.3 is 14.4 Å². The summed E-state index contributed by atoms with van der Waals surface area (Å²) in [7, 11) is 1.68. The Morgan fingerprint density at radius 2 is 1.76 bits per heavy atom. The Bertz CT molecular complexity index is 1000. The van der Waals surface area contributed by atoms with Gasteiger partial charge in [-0.25, -0.2) is 0 Å². The molecule has 1 aliphatic rings. The van der Waals surface area contributed by atoms with E-state index in [0.717, 1.165) is 46.6 Å². The Balaban J connectivity index is 1.50. The summed E-state index contributed by atoms with van der Waals surface area (Å²) in [5.41, 5.74) is 2.18. The number of thiocarbonyl (C=S) groups is 1. The van der Waals surface area contributed by atoms with Gasteiger partial charge >= 0.3 is 0 Å². The summed E-state index contributed by atoms with van der Waals surface area (Å²) < 4.78 is 11.7. The Kier molecular flexibility index (Phi) is 6.00. The summed E-state index contributed by atoms with van der Waals surface area (Å²) in [5.74, 6) is 2.24. The zero-order chi connectivity index (χ0) is 20.2. The number of hydrogen-bond donors (Lipinski definition) is 0. The number of nitrogens with zero attached hydrogens (tertiary/aromatic N) is 1. The molecule has 0 spiro atoms. The van der Waals surface area contributed by atoms with Crippen LogP contribution in [0, 0.1) is 5.92 Å². The molecule has 4 rings (SSSR count). The van der Waals surface area contributed by atoms with Crippen molar-refractivity contribution in [2.24, 2.45) is 5.92 Å². The highest BCUT2D eigenvalue weighted by Crippen LogP contribution is 2.31. The van der Waals surface area contributed by atoms with Crippen molar-refractivity contribution in [2.45, 2.75) is 26.4 Å². The molecule has 0 radical (unpaired) electrons. The van der Waals surface area contributed by atoms with Crippen molar-refractivity contribution in [1.82, 2.24) is 4.90 Å². The monoisotopic (exact) mass is 405 g/mol. The van der Waals surface area contributed by atoms with E-state index in [-0.39, 0.29) is 0 Å². The van der Waals surface area contributed by atoms with Gasteiger partial charge in [-0.05, 0) is 53.3 Å². The summed E-state index contributed by atoms with van der Waals surface area (Å²) >= 11 is 5.75. The minimum Gasteiger partial charge on any atom is -0.493 e. The van der Waals surface area contributed by atoms with Crippen LogP contribution in [0.4, 0.5) is 0 Å². The Morgan fingerprint density at radius 3 is 2.55 bits per heavy atom. The van der Waals surface area contributed by atoms with Gasteiger partial charge in [0.15, 0.2) is 11.5 Å². The number of rotatable bonds is 5. The first-order valence-corrected chi connectivity index (χ1v) is 10.6. The quantitative estimate of drug-likeness (QED) is 0.498. The second kappa shape index (κ2) is 8.83. The first-order valence-electron chi connectivity index (χ1n) is 10.2. The second-order valence-electron chi connectivity index (χ2n) is 7.77. The van der Waals surface area contributed by atoms with E-state index in [2.05, 4.69) is 54.3 Å². The minimum absolute atomic E-state index is 0.492. The van der Waals surface area contributed by atoms with Gasteiger partial charge in [0, 0.05) is 18.7 Å². The molecule has 3 aromatic rings. The van der Waals surface area contributed by atoms with Gasteiger partial charge in [-0.15, -0.1) is 0 Å². The van der Waals surface area contributed by atoms with Crippen LogP contribution in [-0.4, -0.2) is 30.1 Å². The van der Waals surface area contributed by atoms with E-state index >= 15 is 0 Å². The first kappa shape index (κ1) is 19.7. The van der Waals surface area contributed by atoms with Crippen molar-refractivity contribution in [3.63, 3.8) is 0 Å². The first-order chi connectivity index (χ1) is 14.2. The number of likely N-dealkylation sites (tertiary alicyclic amines) is 1. The molecule has 1 saturated heterocycles. The number of benzene rings is 3. The van der Waals surface area contributed by atoms with Gasteiger partial charge in [-0.2, -0.15) is 0 Å². The molecule has 3 aromatic carbocycles. The lowest BCUT2D eigenvalue weighted by molar-refractivity contribution is 0.282. The van der Waals surface area contributed by atoms with Crippen molar-refractivity contribution in [1.29, 1.82) is 0 Å². The third-order valence-corrected chi connectivity index (χ3v) is 6.24. The van der Waals surface area contributed by atoms with Crippen molar-refractivity contribution in [2.75, 3.05) is 20.2 Å². The number of hydrogen-bond acceptors (Lipinski definition) is 3. The number of ether oxygens (including phenoxy) is 2. The highest BCUT2D eigenvalue weighted by Gasteiger charge is 2.20. The summed E-state index contributed by atoms with van der Waals surface area (Å²) in [6, 6.07) is 20.7. The van der Waals surface area contributed by atoms with E-state index < -0.39 is 0 Å². The summed E-state index contributed by atoms with van der Waals surface area (Å²) in [4.78, 5) is 3.21. The van der Waals surface area contributed by atoms with Crippen LogP contribution in [0.15, 0.2) is 60.7 Å². The molecule has 0 bridgehead atoms. The van der Waals surface area contributed by atoms with E-state index in [1.54, 1.807) is 7.11 Å². The molecule has 0 amide bonds. The summed E-state index contributed by atoms with van der Waals surface area (Å²) in [5, 5.41) is 2.43. The van der Waals surface area contributed by atoms with E-state index in [0.29, 0.717) is 6.61 Å². The average molecular weight is 406 g/mol. The van der Waals surface area contributed by atoms with Crippen LogP contribution >= 0.6 is 12.2 Å². The fraction of sp³-hybridized carbons (Fsp3) is 0.320. The molecule has 1 heterocycles. The molecule has 0 aliphatic carbocycles. The fourth-order valence-corrected chi connectivity index (χ4v) is 4.20. The zero-order valence-electron chi connectivity index (χ0n) is 17.1. The molecular weight excluding hydrogens is 378 g/mol. The normalized spacial score (nSPS) is 14.8. The predicted octanol–water partition coefficient (Wildman–Crippen LogP) is 5.83. The second-order valence-corrected chi connectivity index (χ2v) is 8.15. The Hall–Kier alpha value is -2.59. The van der Waals surface area contributed by atoms with Gasteiger partial charge in [-0.1, -0.05) is 61.6 Å². The molecule has 0 aromatic heterocycles. The topological polar surface area (TPSA) is 21.7 Å². The molecule has 29 heavy (non-hydrogen) atoms. The molecule has 0 N–H and O–H groups in total. The van der Waals surface area contributed by atoms with E-state index in [1.807, 2.05) is 18.2 Å². The van der Waals surface area contributed by atoms with Gasteiger partial charge in [-0.3, -0.25) is 0 Å². The standard InChI is InChI=1S/C25H27NO2S/c1-18-12-14-26(15-13-18)25(29)20-10-11-23(24(16-20)27-2)28-17-21-8-5-7-19-6-3-4-9-22(19)21/h3-11,16,18H,12-15,17H2,1-2H3. The van der Waals surface area contributed by atoms with Crippen molar-refractivity contribution < 1.29 is 9.47 Å². The van der Waals surface area contributed by atoms with Crippen LogP contribution in [-0.2, 0) is 6.61 Å². The number of piperidine rings is 1. The molecule has 1 aliphatic heterocycles. The number of methoxy groups -OCH3 is 1. The van der Waals surface area contributed by atoms with Crippen molar-refractivity contribution in [3.05, 3.63) is 71.8 Å². The maximum absolute atomic E-state index is 6.13. The van der Waals surface area contributed by atoms with Crippen molar-refractivity contribution >= 4 is 28.0 Å². The molecular formula is C25H27NO2S. The Labute approximate surface area is 178 Å². The molecule has 150 valence electrons. The van der Waals surface area contributed by atoms with E-state index in [1.165, 1.54) is 23.6 Å². The van der Waals surface area contributed by atoms with Crippen LogP contribution in [0.25, 0.3) is 10.8 Å². The maximum Gasteiger partial charge on any atom is 0.161 e. The molecule has 0 atom stereocenters. The third kappa shape index (κ3) is 4.38. The Morgan fingerprint density at radius 1 is 1.00 bits per heavy atom. The van der Waals surface area contributed by atoms with Crippen LogP contribution in [0.1, 0.15) is 30.9 Å². The summed E-state index contributed by atoms with van der Waals surface area (Å²) in [6.45, 7) is 4.86. The van der Waals surface area contributed by atoms with Gasteiger partial charge in [0.2, 0.25) is 0 Å². The SMILES string of the molecule is COc1cc(C(=S)N2CCC(C)CC2)ccc1OCc1cccc2ccccc12. The fourth-order valence-electron chi connectivity index (χ4n) is 3.89. The molecule has 0 unspecified atom stereocenters. The largest absolute Gasteiger partial charge is 0.493 e. The third-order valence-electron chi connectivity index (χ3n) is 5.74. The van der Waals surface area contributed by atoms with E-state index in [9.17, 15) is 0 Å². The molecule has 3 nitrogen and oxygen atoms in total. The van der Waals surface area contributed by atoms with Gasteiger partial charge in [0.05, 0.1) is 7.11 Å². The summed E-state index contributed by atoms with van der Waals surface area (Å²) in [6.07, 6.45) is 2.40. The lowest BCUT2D eigenvalue weighted by atomic mass is 9.99. The molecule has 4 heteroatoms. The zero-order valence-corrected chi connectivity index (χ0v) is 17.9. The van der Waals surface area contributed by atoms with E-state index in [4.69, 9.17) is 21.7 Å². The smallest absolute Gasteiger partial charge is 0.161 e.